The Balaban J connectivity index is 0.916. The van der Waals surface area contributed by atoms with E-state index in [2.05, 4.69) is 31.7 Å². The largest absolute Gasteiger partial charge is 0.493 e. The molecular formula is C44H46N4O8. The topological polar surface area (TPSA) is 102 Å². The van der Waals surface area contributed by atoms with Gasteiger partial charge in [-0.2, -0.15) is 0 Å². The third-order valence-corrected chi connectivity index (χ3v) is 17.6. The Bertz CT molecular complexity index is 2160. The van der Waals surface area contributed by atoms with E-state index in [0.29, 0.717) is 48.3 Å². The fourth-order valence-corrected chi connectivity index (χ4v) is 15.9. The van der Waals surface area contributed by atoms with Crippen LogP contribution >= 0.6 is 0 Å². The molecule has 4 bridgehead atoms. The molecule has 10 aliphatic heterocycles. The lowest BCUT2D eigenvalue weighted by atomic mass is 9.52. The highest BCUT2D eigenvalue weighted by Crippen LogP contribution is 2.71. The minimum atomic E-state index is -0.232. The van der Waals surface area contributed by atoms with Crippen LogP contribution in [0.3, 0.4) is 0 Å². The molecule has 0 aromatic heterocycles. The second-order valence-corrected chi connectivity index (χ2v) is 18.7. The minimum Gasteiger partial charge on any atom is -0.493 e. The zero-order chi connectivity index (χ0) is 37.3. The number of carbonyl (C=O) groups is 2. The van der Waals surface area contributed by atoms with Crippen molar-refractivity contribution in [2.24, 2.45) is 23.7 Å². The summed E-state index contributed by atoms with van der Waals surface area (Å²) >= 11 is 0. The zero-order valence-electron chi connectivity index (χ0n) is 32.2. The van der Waals surface area contributed by atoms with Gasteiger partial charge < -0.3 is 38.2 Å². The van der Waals surface area contributed by atoms with Crippen LogP contribution in [0.25, 0.3) is 0 Å². The van der Waals surface area contributed by atoms with Crippen molar-refractivity contribution in [2.45, 2.75) is 85.7 Å². The molecule has 2 aliphatic carbocycles. The van der Waals surface area contributed by atoms with Crippen LogP contribution in [-0.4, -0.2) is 113 Å². The maximum atomic E-state index is 14.5. The summed E-state index contributed by atoms with van der Waals surface area (Å²) in [6.45, 7) is 3.64. The third-order valence-electron chi connectivity index (χ3n) is 17.6. The molecule has 2 amide bonds. The number of carbonyl (C=O) groups excluding carboxylic acids is 2. The van der Waals surface area contributed by atoms with Crippen LogP contribution in [0.2, 0.25) is 0 Å². The van der Waals surface area contributed by atoms with Gasteiger partial charge in [0, 0.05) is 60.0 Å². The van der Waals surface area contributed by atoms with Crippen LogP contribution in [0.4, 0.5) is 11.4 Å². The van der Waals surface area contributed by atoms with Crippen molar-refractivity contribution in [3.05, 3.63) is 58.1 Å². The van der Waals surface area contributed by atoms with Crippen molar-refractivity contribution in [3.63, 3.8) is 0 Å². The third kappa shape index (κ3) is 3.19. The molecule has 10 heterocycles. The van der Waals surface area contributed by atoms with Gasteiger partial charge >= 0.3 is 0 Å². The van der Waals surface area contributed by atoms with Crippen molar-refractivity contribution in [3.8, 4) is 23.0 Å². The lowest BCUT2D eigenvalue weighted by Crippen LogP contribution is -2.71. The Labute approximate surface area is 325 Å². The van der Waals surface area contributed by atoms with Crippen LogP contribution < -0.4 is 28.7 Å². The van der Waals surface area contributed by atoms with Gasteiger partial charge in [-0.3, -0.25) is 19.4 Å². The van der Waals surface area contributed by atoms with Gasteiger partial charge in [0.05, 0.1) is 64.7 Å². The lowest BCUT2D eigenvalue weighted by molar-refractivity contribution is -0.141. The summed E-state index contributed by atoms with van der Waals surface area (Å²) < 4.78 is 38.0. The molecule has 0 radical (unpaired) electrons. The van der Waals surface area contributed by atoms with Crippen molar-refractivity contribution in [1.29, 1.82) is 0 Å². The number of hydrogen-bond acceptors (Lipinski definition) is 10. The van der Waals surface area contributed by atoms with Crippen molar-refractivity contribution < 1.29 is 38.0 Å². The number of anilines is 2. The lowest BCUT2D eigenvalue weighted by Gasteiger charge is -2.62. The molecule has 6 saturated heterocycles. The van der Waals surface area contributed by atoms with E-state index in [-0.39, 0.29) is 58.8 Å². The van der Waals surface area contributed by atoms with E-state index < -0.39 is 0 Å². The Morgan fingerprint density at radius 3 is 1.43 bits per heavy atom. The summed E-state index contributed by atoms with van der Waals surface area (Å²) in [5.74, 6) is 5.79. The molecule has 2 aromatic carbocycles. The number of piperidine rings is 4. The van der Waals surface area contributed by atoms with Crippen molar-refractivity contribution in [2.75, 3.05) is 64.4 Å². The maximum absolute atomic E-state index is 14.5. The fraction of sp³-hybridized carbons (Fsp3) is 0.591. The molecule has 2 spiro atoms. The molecule has 0 N–H and O–H groups in total. The van der Waals surface area contributed by atoms with Gasteiger partial charge in [-0.05, 0) is 85.0 Å². The first-order valence-corrected chi connectivity index (χ1v) is 20.8. The first-order valence-electron chi connectivity index (χ1n) is 20.8. The molecule has 12 unspecified atom stereocenters. The van der Waals surface area contributed by atoms with E-state index in [1.54, 1.807) is 28.4 Å². The van der Waals surface area contributed by atoms with Gasteiger partial charge in [-0.25, -0.2) is 0 Å². The van der Waals surface area contributed by atoms with Crippen LogP contribution in [-0.2, 0) is 29.9 Å². The molecule has 14 rings (SSSR count). The predicted molar refractivity (Wildman–Crippen MR) is 201 cm³/mol. The van der Waals surface area contributed by atoms with E-state index in [0.717, 1.165) is 86.3 Å². The molecule has 2 aromatic rings. The molecule has 290 valence electrons. The Morgan fingerprint density at radius 1 is 0.607 bits per heavy atom. The summed E-state index contributed by atoms with van der Waals surface area (Å²) in [7, 11) is 6.73. The van der Waals surface area contributed by atoms with Crippen LogP contribution in [0.15, 0.2) is 46.9 Å². The van der Waals surface area contributed by atoms with E-state index in [9.17, 15) is 9.59 Å². The maximum Gasteiger partial charge on any atom is 0.231 e. The highest BCUT2D eigenvalue weighted by molar-refractivity contribution is 6.01. The van der Waals surface area contributed by atoms with E-state index in [1.165, 1.54) is 22.3 Å². The van der Waals surface area contributed by atoms with Crippen LogP contribution in [0.1, 0.15) is 49.7 Å². The van der Waals surface area contributed by atoms with Crippen molar-refractivity contribution >= 4 is 23.2 Å². The summed E-state index contributed by atoms with van der Waals surface area (Å²) in [4.78, 5) is 38.7. The summed E-state index contributed by atoms with van der Waals surface area (Å²) in [5, 5.41) is 0. The number of amides is 2. The first kappa shape index (κ1) is 31.6. The summed E-state index contributed by atoms with van der Waals surface area (Å²) in [5.41, 5.74) is 6.82. The van der Waals surface area contributed by atoms with E-state index in [4.69, 9.17) is 28.4 Å². The van der Waals surface area contributed by atoms with Gasteiger partial charge in [-0.1, -0.05) is 0 Å². The molecule has 12 aliphatic rings. The number of methoxy groups -OCH3 is 4. The van der Waals surface area contributed by atoms with E-state index >= 15 is 0 Å². The number of ether oxygens (including phenoxy) is 6. The Kier molecular flexibility index (Phi) is 5.64. The normalized spacial score (nSPS) is 42.1. The standard InChI is InChI=1S/C44H46N4O8/c1-51-27-11-23-25(13-29(27)53-3)47-35(49)15-31-37-19-9-33-43(23,41(37)47)5-7-45(33)17-21(19)39(55-31)40-22-18-46-8-6-44-24-12-28(52-2)30(54-4)14-26(24)48-36(50)16-32(56-40)38(42(44)48)20(22)10-34(44)46/h11-14,19-20,31-34,37-38,41-42H,5-10,15-18H2,1-4H3. The summed E-state index contributed by atoms with van der Waals surface area (Å²) in [6.07, 6.45) is 4.30. The molecule has 8 fully saturated rings. The van der Waals surface area contributed by atoms with Crippen LogP contribution in [0.5, 0.6) is 23.0 Å². The molecular weight excluding hydrogens is 713 g/mol. The molecule has 12 atom stereocenters. The number of benzene rings is 2. The number of fused-ring (bicyclic) bond motifs is 4. The van der Waals surface area contributed by atoms with Gasteiger partial charge in [0.25, 0.3) is 0 Å². The van der Waals surface area contributed by atoms with Gasteiger partial charge in [0.1, 0.15) is 12.2 Å². The average molecular weight is 759 g/mol. The SMILES string of the molecule is COc1cc2c(cc1OC)C13CCN4CC5=C(C6=C7CN8CCC9%10c%11cc(OC)c(OC)cc%11N%11C(=O)CC(O6)C(C7CC89)C%11%10)OC6CC(=O)N2C1C6C5CC43. The highest BCUT2D eigenvalue weighted by atomic mass is 16.5. The molecule has 12 nitrogen and oxygen atoms in total. The van der Waals surface area contributed by atoms with E-state index in [1.807, 2.05) is 12.1 Å². The number of rotatable bonds is 5. The van der Waals surface area contributed by atoms with Gasteiger partial charge in [-0.15, -0.1) is 0 Å². The number of hydrogen-bond donors (Lipinski definition) is 0. The second kappa shape index (κ2) is 9.99. The Morgan fingerprint density at radius 2 is 1.02 bits per heavy atom. The Hall–Kier alpha value is -4.42. The minimum absolute atomic E-state index is 0.0233. The average Bonchev–Trinajstić information content (AvgIpc) is 3.96. The van der Waals surface area contributed by atoms with Gasteiger partial charge in [0.15, 0.2) is 34.5 Å². The fourth-order valence-electron chi connectivity index (χ4n) is 15.9. The molecule has 2 saturated carbocycles. The molecule has 56 heavy (non-hydrogen) atoms. The monoisotopic (exact) mass is 758 g/mol. The van der Waals surface area contributed by atoms with Gasteiger partial charge in [0.2, 0.25) is 11.8 Å². The van der Waals surface area contributed by atoms with Crippen LogP contribution in [0, 0.1) is 23.7 Å². The quantitative estimate of drug-likeness (QED) is 0.447. The zero-order valence-corrected chi connectivity index (χ0v) is 32.2. The first-order chi connectivity index (χ1) is 27.3. The van der Waals surface area contributed by atoms with Crippen molar-refractivity contribution in [1.82, 2.24) is 9.80 Å². The second-order valence-electron chi connectivity index (χ2n) is 18.7. The molecule has 12 heteroatoms. The smallest absolute Gasteiger partial charge is 0.231 e. The summed E-state index contributed by atoms with van der Waals surface area (Å²) in [6, 6.07) is 9.15. The highest BCUT2D eigenvalue weighted by Gasteiger charge is 2.75. The predicted octanol–water partition coefficient (Wildman–Crippen LogP) is 3.89. The number of nitrogens with zero attached hydrogens (tertiary/aromatic N) is 4.